The fourth-order valence-electron chi connectivity index (χ4n) is 2.38. The van der Waals surface area contributed by atoms with Gasteiger partial charge < -0.3 is 10.6 Å². The molecule has 0 aromatic heterocycles. The van der Waals surface area contributed by atoms with E-state index in [9.17, 15) is 26.4 Å². The zero-order valence-electron chi connectivity index (χ0n) is 15.7. The second kappa shape index (κ2) is 9.01. The highest BCUT2D eigenvalue weighted by Gasteiger charge is 2.30. The Balaban J connectivity index is 1.89. The predicted octanol–water partition coefficient (Wildman–Crippen LogP) is 3.52. The molecule has 1 unspecified atom stereocenters. The summed E-state index contributed by atoms with van der Waals surface area (Å²) in [6, 6.07) is 9.85. The van der Waals surface area contributed by atoms with Crippen molar-refractivity contribution in [2.75, 3.05) is 12.8 Å². The smallest absolute Gasteiger partial charge is 0.332 e. The van der Waals surface area contributed by atoms with Gasteiger partial charge in [-0.15, -0.1) is 0 Å². The molecule has 5 nitrogen and oxygen atoms in total. The topological polar surface area (TPSA) is 75.3 Å². The van der Waals surface area contributed by atoms with Gasteiger partial charge in [-0.1, -0.05) is 30.0 Å². The van der Waals surface area contributed by atoms with Crippen molar-refractivity contribution in [2.45, 2.75) is 24.0 Å². The first-order valence-electron chi connectivity index (χ1n) is 8.47. The zero-order valence-corrected chi connectivity index (χ0v) is 16.5. The van der Waals surface area contributed by atoms with Crippen LogP contribution < -0.4 is 10.6 Å². The average Bonchev–Trinajstić information content (AvgIpc) is 2.64. The number of carbonyl (C=O) groups excluding carboxylic acids is 1. The van der Waals surface area contributed by atoms with Gasteiger partial charge in [0.15, 0.2) is 9.84 Å². The normalized spacial score (nSPS) is 12.4. The third-order valence-electron chi connectivity index (χ3n) is 3.92. The van der Waals surface area contributed by atoms with Gasteiger partial charge in [-0.25, -0.2) is 13.2 Å². The molecule has 0 spiro atoms. The molecule has 1 atom stereocenters. The number of sulfone groups is 1. The first kappa shape index (κ1) is 22.3. The zero-order chi connectivity index (χ0) is 21.7. The minimum atomic E-state index is -4.44. The van der Waals surface area contributed by atoms with Crippen molar-refractivity contribution in [3.63, 3.8) is 0 Å². The molecular weight excluding hydrogens is 405 g/mol. The van der Waals surface area contributed by atoms with E-state index in [-0.39, 0.29) is 23.0 Å². The summed E-state index contributed by atoms with van der Waals surface area (Å²) < 4.78 is 60.9. The van der Waals surface area contributed by atoms with Crippen LogP contribution in [0.4, 0.5) is 18.0 Å². The maximum atomic E-state index is 12.7. The third-order valence-corrected chi connectivity index (χ3v) is 5.04. The minimum absolute atomic E-state index is 0.0538. The molecule has 0 bridgehead atoms. The first-order chi connectivity index (χ1) is 13.5. The fraction of sp³-hybridized carbons (Fsp3) is 0.250. The Labute approximate surface area is 167 Å². The summed E-state index contributed by atoms with van der Waals surface area (Å²) in [6.45, 7) is 1.67. The van der Waals surface area contributed by atoms with Crippen LogP contribution in [0.5, 0.6) is 0 Å². The van der Waals surface area contributed by atoms with E-state index in [1.54, 1.807) is 19.1 Å². The van der Waals surface area contributed by atoms with E-state index in [1.165, 1.54) is 24.3 Å². The number of alkyl halides is 3. The molecule has 2 amide bonds. The van der Waals surface area contributed by atoms with Crippen LogP contribution in [0.1, 0.15) is 29.7 Å². The number of nitrogens with one attached hydrogen (secondary N) is 2. The van der Waals surface area contributed by atoms with E-state index in [0.29, 0.717) is 5.56 Å². The summed E-state index contributed by atoms with van der Waals surface area (Å²) in [5.41, 5.74) is 0.120. The highest BCUT2D eigenvalue weighted by molar-refractivity contribution is 7.90. The predicted molar refractivity (Wildman–Crippen MR) is 103 cm³/mol. The number of amides is 2. The monoisotopic (exact) mass is 424 g/mol. The van der Waals surface area contributed by atoms with Crippen LogP contribution in [0.3, 0.4) is 0 Å². The lowest BCUT2D eigenvalue weighted by molar-refractivity contribution is -0.137. The van der Waals surface area contributed by atoms with Gasteiger partial charge in [0.05, 0.1) is 23.0 Å². The van der Waals surface area contributed by atoms with Crippen LogP contribution in [0.2, 0.25) is 0 Å². The van der Waals surface area contributed by atoms with Gasteiger partial charge in [-0.2, -0.15) is 13.2 Å². The second-order valence-corrected chi connectivity index (χ2v) is 8.29. The molecular formula is C20H19F3N2O3S. The second-order valence-electron chi connectivity index (χ2n) is 6.27. The molecule has 0 aliphatic rings. The maximum Gasteiger partial charge on any atom is 0.416 e. The van der Waals surface area contributed by atoms with Crippen molar-refractivity contribution < 1.29 is 26.4 Å². The largest absolute Gasteiger partial charge is 0.416 e. The molecule has 0 radical (unpaired) electrons. The number of halogens is 3. The van der Waals surface area contributed by atoms with Crippen molar-refractivity contribution in [1.29, 1.82) is 0 Å². The third kappa shape index (κ3) is 6.84. The van der Waals surface area contributed by atoms with Crippen LogP contribution >= 0.6 is 0 Å². The summed E-state index contributed by atoms with van der Waals surface area (Å²) in [5, 5.41) is 5.16. The van der Waals surface area contributed by atoms with Crippen LogP contribution in [0, 0.1) is 11.8 Å². The molecule has 154 valence electrons. The van der Waals surface area contributed by atoms with Crippen molar-refractivity contribution in [3.05, 3.63) is 65.2 Å². The van der Waals surface area contributed by atoms with Gasteiger partial charge in [0, 0.05) is 11.8 Å². The fourth-order valence-corrected chi connectivity index (χ4v) is 3.01. The summed E-state index contributed by atoms with van der Waals surface area (Å²) in [4.78, 5) is 12.1. The van der Waals surface area contributed by atoms with Crippen LogP contribution in [0.25, 0.3) is 0 Å². The Morgan fingerprint density at radius 3 is 2.38 bits per heavy atom. The number of hydrogen-bond acceptors (Lipinski definition) is 3. The van der Waals surface area contributed by atoms with E-state index in [4.69, 9.17) is 0 Å². The molecule has 0 saturated carbocycles. The molecule has 0 saturated heterocycles. The SMILES string of the molecule is CC(NC(=O)NCC#Cc1cccc(C(F)(F)F)c1)c1ccc(S(C)(=O)=O)cc1. The van der Waals surface area contributed by atoms with E-state index >= 15 is 0 Å². The lowest BCUT2D eigenvalue weighted by Gasteiger charge is -2.14. The summed E-state index contributed by atoms with van der Waals surface area (Å²) >= 11 is 0. The van der Waals surface area contributed by atoms with Gasteiger partial charge >= 0.3 is 12.2 Å². The van der Waals surface area contributed by atoms with Crippen molar-refractivity contribution in [3.8, 4) is 11.8 Å². The molecule has 0 heterocycles. The summed E-state index contributed by atoms with van der Waals surface area (Å²) in [6.07, 6.45) is -3.33. The van der Waals surface area contributed by atoms with Gasteiger partial charge in [0.2, 0.25) is 0 Å². The van der Waals surface area contributed by atoms with Crippen molar-refractivity contribution in [1.82, 2.24) is 10.6 Å². The molecule has 0 aliphatic carbocycles. The molecule has 2 rings (SSSR count). The highest BCUT2D eigenvalue weighted by Crippen LogP contribution is 2.29. The Morgan fingerprint density at radius 1 is 1.14 bits per heavy atom. The van der Waals surface area contributed by atoms with E-state index in [0.717, 1.165) is 18.4 Å². The van der Waals surface area contributed by atoms with Gasteiger partial charge in [-0.3, -0.25) is 0 Å². The number of carbonyl (C=O) groups is 1. The van der Waals surface area contributed by atoms with Crippen LogP contribution in [-0.2, 0) is 16.0 Å². The number of rotatable bonds is 4. The Hall–Kier alpha value is -2.99. The lowest BCUT2D eigenvalue weighted by Crippen LogP contribution is -2.37. The Bertz CT molecular complexity index is 1040. The number of hydrogen-bond donors (Lipinski definition) is 2. The van der Waals surface area contributed by atoms with Crippen LogP contribution in [-0.4, -0.2) is 27.2 Å². The lowest BCUT2D eigenvalue weighted by atomic mass is 10.1. The molecule has 9 heteroatoms. The van der Waals surface area contributed by atoms with Gasteiger partial charge in [0.25, 0.3) is 0 Å². The molecule has 2 N–H and O–H groups in total. The summed E-state index contributed by atoms with van der Waals surface area (Å²) in [5.74, 6) is 5.16. The van der Waals surface area contributed by atoms with Crippen LogP contribution in [0.15, 0.2) is 53.4 Å². The highest BCUT2D eigenvalue weighted by atomic mass is 32.2. The Kier molecular flexibility index (Phi) is 6.93. The Morgan fingerprint density at radius 2 is 1.79 bits per heavy atom. The number of benzene rings is 2. The van der Waals surface area contributed by atoms with Gasteiger partial charge in [-0.05, 0) is 42.8 Å². The molecule has 2 aromatic carbocycles. The average molecular weight is 424 g/mol. The van der Waals surface area contributed by atoms with E-state index in [1.807, 2.05) is 0 Å². The minimum Gasteiger partial charge on any atom is -0.332 e. The van der Waals surface area contributed by atoms with E-state index in [2.05, 4.69) is 22.5 Å². The molecule has 29 heavy (non-hydrogen) atoms. The molecule has 0 aliphatic heterocycles. The van der Waals surface area contributed by atoms with Gasteiger partial charge in [0.1, 0.15) is 0 Å². The summed E-state index contributed by atoms with van der Waals surface area (Å²) in [7, 11) is -3.29. The number of urea groups is 1. The van der Waals surface area contributed by atoms with E-state index < -0.39 is 27.6 Å². The standard InChI is InChI=1S/C20H19F3N2O3S/c1-14(16-8-10-18(11-9-16)29(2,27)28)25-19(26)24-12-4-6-15-5-3-7-17(13-15)20(21,22)23/h3,5,7-11,13-14H,12H2,1-2H3,(H2,24,25,26). The van der Waals surface area contributed by atoms with Crippen molar-refractivity contribution in [2.24, 2.45) is 0 Å². The molecule has 2 aromatic rings. The first-order valence-corrected chi connectivity index (χ1v) is 10.4. The quantitative estimate of drug-likeness (QED) is 0.738. The molecule has 0 fully saturated rings. The maximum absolute atomic E-state index is 12.7. The van der Waals surface area contributed by atoms with Crippen molar-refractivity contribution >= 4 is 15.9 Å².